The lowest BCUT2D eigenvalue weighted by Crippen LogP contribution is -2.24. The van der Waals surface area contributed by atoms with Crippen LogP contribution in [-0.4, -0.2) is 27.6 Å². The minimum absolute atomic E-state index is 0.157. The lowest BCUT2D eigenvalue weighted by molar-refractivity contribution is 0.0953. The molecule has 0 aromatic carbocycles. The summed E-state index contributed by atoms with van der Waals surface area (Å²) < 4.78 is 4.99. The van der Waals surface area contributed by atoms with Gasteiger partial charge in [0, 0.05) is 11.9 Å². The molecular formula is C11H14N4O2S. The van der Waals surface area contributed by atoms with Gasteiger partial charge in [-0.3, -0.25) is 4.79 Å². The molecule has 0 saturated carbocycles. The summed E-state index contributed by atoms with van der Waals surface area (Å²) in [6, 6.07) is 0. The summed E-state index contributed by atoms with van der Waals surface area (Å²) in [5, 5.41) is 8.65. The SMILES string of the molecule is CCCCNC(=O)c1nc(-c2nc(C)no2)cs1. The van der Waals surface area contributed by atoms with Crippen molar-refractivity contribution in [2.24, 2.45) is 0 Å². The molecule has 1 N–H and O–H groups in total. The molecule has 0 fully saturated rings. The van der Waals surface area contributed by atoms with Crippen LogP contribution in [0.5, 0.6) is 0 Å². The minimum atomic E-state index is -0.157. The summed E-state index contributed by atoms with van der Waals surface area (Å²) in [5.41, 5.74) is 0.543. The number of hydrogen-bond donors (Lipinski definition) is 1. The smallest absolute Gasteiger partial charge is 0.280 e. The summed E-state index contributed by atoms with van der Waals surface area (Å²) in [4.78, 5) is 20.0. The molecule has 96 valence electrons. The number of rotatable bonds is 5. The number of unbranched alkanes of at least 4 members (excludes halogenated alkanes) is 1. The van der Waals surface area contributed by atoms with Crippen LogP contribution in [0.1, 0.15) is 35.4 Å². The molecule has 0 atom stereocenters. The topological polar surface area (TPSA) is 80.9 Å². The number of carbonyl (C=O) groups excluding carboxylic acids is 1. The third kappa shape index (κ3) is 2.92. The summed E-state index contributed by atoms with van der Waals surface area (Å²) in [6.07, 6.45) is 2.01. The van der Waals surface area contributed by atoms with Gasteiger partial charge < -0.3 is 9.84 Å². The van der Waals surface area contributed by atoms with Crippen LogP contribution < -0.4 is 5.32 Å². The van der Waals surface area contributed by atoms with Gasteiger partial charge in [0.25, 0.3) is 11.8 Å². The molecular weight excluding hydrogens is 252 g/mol. The first-order valence-corrected chi connectivity index (χ1v) is 6.63. The second kappa shape index (κ2) is 5.72. The third-order valence-electron chi connectivity index (χ3n) is 2.26. The first kappa shape index (κ1) is 12.7. The van der Waals surface area contributed by atoms with Crippen molar-refractivity contribution < 1.29 is 9.32 Å². The molecule has 2 rings (SSSR count). The maximum absolute atomic E-state index is 11.7. The number of hydrogen-bond acceptors (Lipinski definition) is 6. The lowest BCUT2D eigenvalue weighted by Gasteiger charge is -1.99. The van der Waals surface area contributed by atoms with Crippen LogP contribution in [-0.2, 0) is 0 Å². The quantitative estimate of drug-likeness (QED) is 0.837. The van der Waals surface area contributed by atoms with Crippen LogP contribution in [0.15, 0.2) is 9.90 Å². The van der Waals surface area contributed by atoms with Crippen molar-refractivity contribution in [2.75, 3.05) is 6.54 Å². The molecule has 2 heterocycles. The number of aryl methyl sites for hydroxylation is 1. The summed E-state index contributed by atoms with van der Waals surface area (Å²) in [6.45, 7) is 4.48. The predicted molar refractivity (Wildman–Crippen MR) is 67.4 cm³/mol. The van der Waals surface area contributed by atoms with Gasteiger partial charge >= 0.3 is 0 Å². The maximum Gasteiger partial charge on any atom is 0.280 e. The predicted octanol–water partition coefficient (Wildman–Crippen LogP) is 2.03. The Kier molecular flexibility index (Phi) is 4.03. The van der Waals surface area contributed by atoms with Gasteiger partial charge in [-0.1, -0.05) is 18.5 Å². The fourth-order valence-corrected chi connectivity index (χ4v) is 2.04. The zero-order chi connectivity index (χ0) is 13.0. The van der Waals surface area contributed by atoms with Crippen LogP contribution in [0.4, 0.5) is 0 Å². The minimum Gasteiger partial charge on any atom is -0.350 e. The average Bonchev–Trinajstić information content (AvgIpc) is 2.97. The fraction of sp³-hybridized carbons (Fsp3) is 0.455. The number of thiazole rings is 1. The van der Waals surface area contributed by atoms with E-state index in [1.54, 1.807) is 12.3 Å². The number of nitrogens with one attached hydrogen (secondary N) is 1. The molecule has 6 nitrogen and oxygen atoms in total. The second-order valence-electron chi connectivity index (χ2n) is 3.79. The lowest BCUT2D eigenvalue weighted by atomic mass is 10.3. The van der Waals surface area contributed by atoms with E-state index >= 15 is 0 Å². The average molecular weight is 266 g/mol. The molecule has 0 radical (unpaired) electrons. The Morgan fingerprint density at radius 3 is 3.00 bits per heavy atom. The normalized spacial score (nSPS) is 10.6. The molecule has 2 aromatic rings. The van der Waals surface area contributed by atoms with Crippen molar-refractivity contribution in [3.05, 3.63) is 16.2 Å². The first-order chi connectivity index (χ1) is 8.70. The van der Waals surface area contributed by atoms with E-state index < -0.39 is 0 Å². The molecule has 0 bridgehead atoms. The Bertz CT molecular complexity index is 535. The largest absolute Gasteiger partial charge is 0.350 e. The van der Waals surface area contributed by atoms with Crippen LogP contribution in [0, 0.1) is 6.92 Å². The van der Waals surface area contributed by atoms with E-state index in [1.807, 2.05) is 0 Å². The highest BCUT2D eigenvalue weighted by atomic mass is 32.1. The van der Waals surface area contributed by atoms with E-state index in [1.165, 1.54) is 11.3 Å². The van der Waals surface area contributed by atoms with Gasteiger partial charge in [0.15, 0.2) is 10.8 Å². The monoisotopic (exact) mass is 266 g/mol. The summed E-state index contributed by atoms with van der Waals surface area (Å²) in [5.74, 6) is 0.735. The molecule has 0 aliphatic carbocycles. The van der Waals surface area contributed by atoms with Gasteiger partial charge in [-0.05, 0) is 13.3 Å². The zero-order valence-electron chi connectivity index (χ0n) is 10.3. The molecule has 0 aliphatic heterocycles. The highest BCUT2D eigenvalue weighted by Gasteiger charge is 2.15. The van der Waals surface area contributed by atoms with Crippen molar-refractivity contribution in [1.29, 1.82) is 0 Å². The molecule has 0 spiro atoms. The Morgan fingerprint density at radius 1 is 1.50 bits per heavy atom. The molecule has 0 saturated heterocycles. The van der Waals surface area contributed by atoms with E-state index in [2.05, 4.69) is 27.4 Å². The number of amides is 1. The Labute approximate surface area is 108 Å². The number of nitrogens with zero attached hydrogens (tertiary/aromatic N) is 3. The zero-order valence-corrected chi connectivity index (χ0v) is 11.1. The fourth-order valence-electron chi connectivity index (χ4n) is 1.33. The molecule has 1 amide bonds. The van der Waals surface area contributed by atoms with Crippen molar-refractivity contribution in [3.63, 3.8) is 0 Å². The molecule has 0 unspecified atom stereocenters. The van der Waals surface area contributed by atoms with Gasteiger partial charge in [0.1, 0.15) is 5.69 Å². The second-order valence-corrected chi connectivity index (χ2v) is 4.65. The Balaban J connectivity index is 2.04. The molecule has 7 heteroatoms. The van der Waals surface area contributed by atoms with E-state index in [4.69, 9.17) is 4.52 Å². The summed E-state index contributed by atoms with van der Waals surface area (Å²) >= 11 is 1.27. The van der Waals surface area contributed by atoms with Gasteiger partial charge in [0.05, 0.1) is 0 Å². The molecule has 2 aromatic heterocycles. The third-order valence-corrected chi connectivity index (χ3v) is 3.10. The van der Waals surface area contributed by atoms with Crippen LogP contribution in [0.2, 0.25) is 0 Å². The number of carbonyl (C=O) groups is 1. The van der Waals surface area contributed by atoms with Crippen molar-refractivity contribution in [3.8, 4) is 11.6 Å². The highest BCUT2D eigenvalue weighted by Crippen LogP contribution is 2.19. The van der Waals surface area contributed by atoms with Gasteiger partial charge in [-0.15, -0.1) is 11.3 Å². The molecule has 0 aliphatic rings. The Morgan fingerprint density at radius 2 is 2.33 bits per heavy atom. The number of aromatic nitrogens is 3. The van der Waals surface area contributed by atoms with Gasteiger partial charge in [-0.2, -0.15) is 4.98 Å². The van der Waals surface area contributed by atoms with Crippen molar-refractivity contribution in [2.45, 2.75) is 26.7 Å². The van der Waals surface area contributed by atoms with E-state index in [9.17, 15) is 4.79 Å². The van der Waals surface area contributed by atoms with Crippen molar-refractivity contribution >= 4 is 17.2 Å². The van der Waals surface area contributed by atoms with Crippen LogP contribution >= 0.6 is 11.3 Å². The van der Waals surface area contributed by atoms with E-state index in [-0.39, 0.29) is 5.91 Å². The maximum atomic E-state index is 11.7. The Hall–Kier alpha value is -1.76. The van der Waals surface area contributed by atoms with Crippen LogP contribution in [0.25, 0.3) is 11.6 Å². The van der Waals surface area contributed by atoms with E-state index in [0.717, 1.165) is 12.8 Å². The first-order valence-electron chi connectivity index (χ1n) is 5.75. The molecule has 18 heavy (non-hydrogen) atoms. The van der Waals surface area contributed by atoms with Crippen LogP contribution in [0.3, 0.4) is 0 Å². The highest BCUT2D eigenvalue weighted by molar-refractivity contribution is 7.12. The van der Waals surface area contributed by atoms with E-state index in [0.29, 0.717) is 29.0 Å². The van der Waals surface area contributed by atoms with Crippen molar-refractivity contribution in [1.82, 2.24) is 20.4 Å². The van der Waals surface area contributed by atoms with Gasteiger partial charge in [0.2, 0.25) is 0 Å². The summed E-state index contributed by atoms with van der Waals surface area (Å²) in [7, 11) is 0. The standard InChI is InChI=1S/C11H14N4O2S/c1-3-4-5-12-9(16)11-14-8(6-18-11)10-13-7(2)15-17-10/h6H,3-5H2,1-2H3,(H,12,16). The van der Waals surface area contributed by atoms with Gasteiger partial charge in [-0.25, -0.2) is 4.98 Å².